The number of benzene rings is 3. The number of hydrogen-bond donors (Lipinski definition) is 0. The van der Waals surface area contributed by atoms with Crippen molar-refractivity contribution >= 4 is 34.0 Å². The van der Waals surface area contributed by atoms with Crippen LogP contribution in [0.5, 0.6) is 5.75 Å². The van der Waals surface area contributed by atoms with E-state index >= 15 is 0 Å². The number of methoxy groups -OCH3 is 1. The van der Waals surface area contributed by atoms with Crippen LogP contribution in [0.1, 0.15) is 10.4 Å². The summed E-state index contributed by atoms with van der Waals surface area (Å²) in [6.07, 6.45) is 0. The van der Waals surface area contributed by atoms with E-state index in [1.807, 2.05) is 65.6 Å². The van der Waals surface area contributed by atoms with Gasteiger partial charge in [-0.15, -0.1) is 0 Å². The first kappa shape index (κ1) is 18.5. The molecule has 5 rings (SSSR count). The molecule has 6 heteroatoms. The van der Waals surface area contributed by atoms with Crippen LogP contribution in [0.25, 0.3) is 10.8 Å². The zero-order chi connectivity index (χ0) is 20.7. The van der Waals surface area contributed by atoms with E-state index in [0.717, 1.165) is 41.0 Å². The molecule has 0 unspecified atom stereocenters. The fourth-order valence-corrected chi connectivity index (χ4v) is 4.46. The number of para-hydroxylation sites is 2. The van der Waals surface area contributed by atoms with Crippen LogP contribution in [0.15, 0.2) is 60.7 Å². The predicted octanol–water partition coefficient (Wildman–Crippen LogP) is 3.16. The largest absolute Gasteiger partial charge is 0.495 e. The van der Waals surface area contributed by atoms with Gasteiger partial charge in [-0.25, -0.2) is 0 Å². The molecule has 1 saturated heterocycles. The van der Waals surface area contributed by atoms with E-state index in [-0.39, 0.29) is 18.4 Å². The molecule has 1 fully saturated rings. The van der Waals surface area contributed by atoms with E-state index in [1.54, 1.807) is 12.0 Å². The molecule has 0 N–H and O–H groups in total. The van der Waals surface area contributed by atoms with Gasteiger partial charge in [-0.05, 0) is 29.7 Å². The van der Waals surface area contributed by atoms with Crippen LogP contribution in [0.3, 0.4) is 0 Å². The number of amides is 2. The number of ether oxygens (including phenoxy) is 1. The van der Waals surface area contributed by atoms with Gasteiger partial charge in [0.2, 0.25) is 5.91 Å². The van der Waals surface area contributed by atoms with Gasteiger partial charge in [-0.3, -0.25) is 14.5 Å². The maximum absolute atomic E-state index is 13.0. The second kappa shape index (κ2) is 7.37. The van der Waals surface area contributed by atoms with Crippen LogP contribution in [0.4, 0.5) is 11.4 Å². The highest BCUT2D eigenvalue weighted by Gasteiger charge is 2.32. The summed E-state index contributed by atoms with van der Waals surface area (Å²) in [6, 6.07) is 19.5. The molecule has 30 heavy (non-hydrogen) atoms. The molecule has 0 atom stereocenters. The molecule has 2 amide bonds. The molecule has 152 valence electrons. The lowest BCUT2D eigenvalue weighted by atomic mass is 10.1. The van der Waals surface area contributed by atoms with Crippen molar-refractivity contribution in [3.8, 4) is 5.75 Å². The summed E-state index contributed by atoms with van der Waals surface area (Å²) in [5.41, 5.74) is 2.55. The fraction of sp³-hybridized carbons (Fsp3) is 0.250. The molecule has 0 aliphatic carbocycles. The minimum atomic E-state index is -0.0946. The van der Waals surface area contributed by atoms with Gasteiger partial charge in [0.15, 0.2) is 0 Å². The van der Waals surface area contributed by atoms with Crippen molar-refractivity contribution in [2.45, 2.75) is 0 Å². The standard InChI is InChI=1S/C24H23N3O3/c1-30-21-11-3-2-9-19(21)25-12-14-26(15-13-25)22(28)16-27-20-10-5-7-17-6-4-8-18(23(17)20)24(27)29/h2-11H,12-16H2,1H3. The number of hydrogen-bond acceptors (Lipinski definition) is 4. The van der Waals surface area contributed by atoms with Crippen LogP contribution in [0, 0.1) is 0 Å². The Labute approximate surface area is 175 Å². The first-order valence-corrected chi connectivity index (χ1v) is 10.2. The fourth-order valence-electron chi connectivity index (χ4n) is 4.46. The van der Waals surface area contributed by atoms with Gasteiger partial charge in [0, 0.05) is 37.1 Å². The van der Waals surface area contributed by atoms with Gasteiger partial charge in [0.25, 0.3) is 5.91 Å². The molecule has 6 nitrogen and oxygen atoms in total. The highest BCUT2D eigenvalue weighted by atomic mass is 16.5. The third-order valence-corrected chi connectivity index (χ3v) is 6.00. The van der Waals surface area contributed by atoms with Crippen molar-refractivity contribution in [3.05, 3.63) is 66.2 Å². The Bertz CT molecular complexity index is 1130. The summed E-state index contributed by atoms with van der Waals surface area (Å²) in [6.45, 7) is 2.78. The highest BCUT2D eigenvalue weighted by molar-refractivity contribution is 6.26. The first-order valence-electron chi connectivity index (χ1n) is 10.2. The quantitative estimate of drug-likeness (QED) is 0.674. The number of anilines is 2. The van der Waals surface area contributed by atoms with E-state index in [1.165, 1.54) is 0 Å². The first-order chi connectivity index (χ1) is 14.7. The summed E-state index contributed by atoms with van der Waals surface area (Å²) >= 11 is 0. The second-order valence-electron chi connectivity index (χ2n) is 7.61. The zero-order valence-electron chi connectivity index (χ0n) is 16.9. The van der Waals surface area contributed by atoms with Crippen molar-refractivity contribution in [2.24, 2.45) is 0 Å². The minimum absolute atomic E-state index is 0.0205. The van der Waals surface area contributed by atoms with E-state index in [4.69, 9.17) is 4.74 Å². The Morgan fingerprint density at radius 3 is 2.37 bits per heavy atom. The monoisotopic (exact) mass is 401 g/mol. The highest BCUT2D eigenvalue weighted by Crippen LogP contribution is 2.37. The molecular formula is C24H23N3O3. The average Bonchev–Trinajstić information content (AvgIpc) is 3.07. The Kier molecular flexibility index (Phi) is 4.54. The maximum Gasteiger partial charge on any atom is 0.259 e. The van der Waals surface area contributed by atoms with E-state index in [2.05, 4.69) is 4.90 Å². The molecule has 3 aromatic carbocycles. The van der Waals surface area contributed by atoms with Gasteiger partial charge in [-0.2, -0.15) is 0 Å². The molecular weight excluding hydrogens is 378 g/mol. The van der Waals surface area contributed by atoms with Gasteiger partial charge >= 0.3 is 0 Å². The van der Waals surface area contributed by atoms with Crippen molar-refractivity contribution < 1.29 is 14.3 Å². The summed E-state index contributed by atoms with van der Waals surface area (Å²) < 4.78 is 5.47. The molecule has 0 radical (unpaired) electrons. The SMILES string of the molecule is COc1ccccc1N1CCN(C(=O)CN2C(=O)c3cccc4cccc2c34)CC1. The van der Waals surface area contributed by atoms with Crippen LogP contribution in [0.2, 0.25) is 0 Å². The molecule has 0 saturated carbocycles. The van der Waals surface area contributed by atoms with Gasteiger partial charge < -0.3 is 14.5 Å². The Balaban J connectivity index is 1.29. The van der Waals surface area contributed by atoms with E-state index < -0.39 is 0 Å². The third kappa shape index (κ3) is 2.96. The summed E-state index contributed by atoms with van der Waals surface area (Å²) in [5.74, 6) is 0.724. The van der Waals surface area contributed by atoms with Crippen molar-refractivity contribution in [3.63, 3.8) is 0 Å². The number of nitrogens with zero attached hydrogens (tertiary/aromatic N) is 3. The third-order valence-electron chi connectivity index (χ3n) is 6.00. The van der Waals surface area contributed by atoms with E-state index in [0.29, 0.717) is 18.7 Å². The zero-order valence-corrected chi connectivity index (χ0v) is 16.9. The number of carbonyl (C=O) groups excluding carboxylic acids is 2. The Morgan fingerprint density at radius 2 is 1.60 bits per heavy atom. The van der Waals surface area contributed by atoms with Crippen LogP contribution < -0.4 is 14.5 Å². The molecule has 2 aliphatic rings. The lowest BCUT2D eigenvalue weighted by Crippen LogP contribution is -2.51. The normalized spacial score (nSPS) is 15.8. The molecule has 2 heterocycles. The average molecular weight is 401 g/mol. The summed E-state index contributed by atoms with van der Waals surface area (Å²) in [4.78, 5) is 31.7. The summed E-state index contributed by atoms with van der Waals surface area (Å²) in [5, 5.41) is 1.97. The number of piperazine rings is 1. The molecule has 3 aromatic rings. The Morgan fingerprint density at radius 1 is 0.900 bits per heavy atom. The topological polar surface area (TPSA) is 53.1 Å². The predicted molar refractivity (Wildman–Crippen MR) is 117 cm³/mol. The maximum atomic E-state index is 13.0. The second-order valence-corrected chi connectivity index (χ2v) is 7.61. The van der Waals surface area contributed by atoms with Gasteiger partial charge in [0.1, 0.15) is 12.3 Å². The van der Waals surface area contributed by atoms with Crippen LogP contribution in [-0.2, 0) is 4.79 Å². The van der Waals surface area contributed by atoms with Gasteiger partial charge in [0.05, 0.1) is 18.5 Å². The van der Waals surface area contributed by atoms with Crippen molar-refractivity contribution in [2.75, 3.05) is 49.6 Å². The summed E-state index contributed by atoms with van der Waals surface area (Å²) in [7, 11) is 1.67. The molecule has 2 aliphatic heterocycles. The Hall–Kier alpha value is -3.54. The van der Waals surface area contributed by atoms with Gasteiger partial charge in [-0.1, -0.05) is 36.4 Å². The smallest absolute Gasteiger partial charge is 0.259 e. The number of rotatable bonds is 4. The van der Waals surface area contributed by atoms with Crippen LogP contribution >= 0.6 is 0 Å². The van der Waals surface area contributed by atoms with E-state index in [9.17, 15) is 9.59 Å². The van der Waals surface area contributed by atoms with Crippen molar-refractivity contribution in [1.29, 1.82) is 0 Å². The minimum Gasteiger partial charge on any atom is -0.495 e. The molecule has 0 aromatic heterocycles. The number of carbonyl (C=O) groups is 2. The molecule has 0 bridgehead atoms. The molecule has 0 spiro atoms. The van der Waals surface area contributed by atoms with Crippen LogP contribution in [-0.4, -0.2) is 56.5 Å². The lowest BCUT2D eigenvalue weighted by molar-refractivity contribution is -0.129. The van der Waals surface area contributed by atoms with Crippen molar-refractivity contribution in [1.82, 2.24) is 4.90 Å². The lowest BCUT2D eigenvalue weighted by Gasteiger charge is -2.37.